The highest BCUT2D eigenvalue weighted by molar-refractivity contribution is 8.01. The molecule has 0 bridgehead atoms. The van der Waals surface area contributed by atoms with E-state index in [0.717, 1.165) is 0 Å². The van der Waals surface area contributed by atoms with Crippen LogP contribution in [0.5, 0.6) is 0 Å². The third-order valence-corrected chi connectivity index (χ3v) is 4.09. The van der Waals surface area contributed by atoms with Crippen LogP contribution in [0, 0.1) is 0 Å². The van der Waals surface area contributed by atoms with Crippen molar-refractivity contribution in [3.63, 3.8) is 0 Å². The maximum absolute atomic E-state index is 11.7. The molecule has 6 heteroatoms. The van der Waals surface area contributed by atoms with E-state index in [2.05, 4.69) is 5.32 Å². The number of amides is 1. The number of halogens is 1. The Kier molecular flexibility index (Phi) is 5.69. The van der Waals surface area contributed by atoms with Gasteiger partial charge in [-0.05, 0) is 26.0 Å². The van der Waals surface area contributed by atoms with Gasteiger partial charge in [-0.15, -0.1) is 11.8 Å². The second-order valence-corrected chi connectivity index (χ2v) is 6.57. The van der Waals surface area contributed by atoms with Gasteiger partial charge in [0.25, 0.3) is 0 Å². The Hall–Kier alpha value is -1.20. The van der Waals surface area contributed by atoms with Crippen molar-refractivity contribution in [1.29, 1.82) is 0 Å². The quantitative estimate of drug-likeness (QED) is 0.846. The van der Waals surface area contributed by atoms with Gasteiger partial charge in [-0.3, -0.25) is 9.59 Å². The van der Waals surface area contributed by atoms with Crippen LogP contribution in [0.15, 0.2) is 24.3 Å². The third-order valence-electron chi connectivity index (χ3n) is 2.46. The summed E-state index contributed by atoms with van der Waals surface area (Å²) in [6.07, 6.45) is 0.243. The van der Waals surface area contributed by atoms with Gasteiger partial charge in [0.05, 0.1) is 10.7 Å². The normalized spacial score (nSPS) is 11.1. The molecule has 0 unspecified atom stereocenters. The van der Waals surface area contributed by atoms with Gasteiger partial charge in [0.2, 0.25) is 5.91 Å². The highest BCUT2D eigenvalue weighted by Gasteiger charge is 2.27. The number of thioether (sulfide) groups is 1. The van der Waals surface area contributed by atoms with Crippen molar-refractivity contribution in [3.05, 3.63) is 29.3 Å². The van der Waals surface area contributed by atoms with Gasteiger partial charge in [0, 0.05) is 12.2 Å². The van der Waals surface area contributed by atoms with Gasteiger partial charge < -0.3 is 10.4 Å². The maximum atomic E-state index is 11.7. The molecule has 1 rings (SSSR count). The van der Waals surface area contributed by atoms with E-state index in [1.165, 1.54) is 11.8 Å². The lowest BCUT2D eigenvalue weighted by Gasteiger charge is -2.18. The highest BCUT2D eigenvalue weighted by Crippen LogP contribution is 2.25. The van der Waals surface area contributed by atoms with E-state index >= 15 is 0 Å². The molecule has 0 aliphatic rings. The first-order chi connectivity index (χ1) is 8.83. The number of nitrogens with one attached hydrogen (secondary N) is 1. The van der Waals surface area contributed by atoms with Crippen LogP contribution >= 0.6 is 23.4 Å². The van der Waals surface area contributed by atoms with Crippen molar-refractivity contribution in [2.75, 3.05) is 11.1 Å². The molecule has 1 aromatic carbocycles. The number of hydrogen-bond acceptors (Lipinski definition) is 3. The van der Waals surface area contributed by atoms with E-state index in [9.17, 15) is 9.59 Å². The van der Waals surface area contributed by atoms with E-state index < -0.39 is 10.7 Å². The summed E-state index contributed by atoms with van der Waals surface area (Å²) in [5.74, 6) is -0.624. The molecular weight excluding hydrogens is 286 g/mol. The number of rotatable bonds is 6. The first kappa shape index (κ1) is 15.9. The molecule has 0 fully saturated rings. The molecule has 0 saturated carbocycles. The summed E-state index contributed by atoms with van der Waals surface area (Å²) >= 11 is 7.16. The fourth-order valence-corrected chi connectivity index (χ4v) is 2.34. The SMILES string of the molecule is CC(C)(SCCC(=O)Nc1ccccc1Cl)C(=O)O. The fraction of sp³-hybridized carbons (Fsp3) is 0.385. The first-order valence-electron chi connectivity index (χ1n) is 5.74. The Bertz CT molecular complexity index is 477. The number of benzene rings is 1. The van der Waals surface area contributed by atoms with E-state index in [4.69, 9.17) is 16.7 Å². The second-order valence-electron chi connectivity index (χ2n) is 4.44. The smallest absolute Gasteiger partial charge is 0.319 e. The number of carboxylic acids is 1. The van der Waals surface area contributed by atoms with Crippen molar-refractivity contribution in [2.45, 2.75) is 25.0 Å². The topological polar surface area (TPSA) is 66.4 Å². The Morgan fingerprint density at radius 1 is 1.37 bits per heavy atom. The number of carbonyl (C=O) groups is 2. The summed E-state index contributed by atoms with van der Waals surface area (Å²) in [5.41, 5.74) is 0.566. The lowest BCUT2D eigenvalue weighted by atomic mass is 10.2. The average Bonchev–Trinajstić information content (AvgIpc) is 2.31. The number of hydrogen-bond donors (Lipinski definition) is 2. The van der Waals surface area contributed by atoms with Crippen molar-refractivity contribution >= 4 is 40.9 Å². The highest BCUT2D eigenvalue weighted by atomic mass is 35.5. The van der Waals surface area contributed by atoms with E-state index in [1.54, 1.807) is 38.1 Å². The first-order valence-corrected chi connectivity index (χ1v) is 7.11. The van der Waals surface area contributed by atoms with Crippen LogP contribution in [0.3, 0.4) is 0 Å². The minimum Gasteiger partial charge on any atom is -0.480 e. The Balaban J connectivity index is 2.41. The molecule has 2 N–H and O–H groups in total. The van der Waals surface area contributed by atoms with E-state index in [0.29, 0.717) is 16.5 Å². The lowest BCUT2D eigenvalue weighted by molar-refractivity contribution is -0.138. The molecule has 0 aliphatic heterocycles. The molecule has 0 atom stereocenters. The molecule has 0 radical (unpaired) electrons. The number of para-hydroxylation sites is 1. The Morgan fingerprint density at radius 2 is 2.00 bits per heavy atom. The predicted molar refractivity (Wildman–Crippen MR) is 78.9 cm³/mol. The zero-order valence-corrected chi connectivity index (χ0v) is 12.3. The minimum atomic E-state index is -0.885. The predicted octanol–water partition coefficient (Wildman–Crippen LogP) is 3.27. The molecule has 0 aromatic heterocycles. The molecule has 1 amide bonds. The molecule has 1 aromatic rings. The van der Waals surface area contributed by atoms with Gasteiger partial charge in [-0.2, -0.15) is 0 Å². The molecule has 4 nitrogen and oxygen atoms in total. The largest absolute Gasteiger partial charge is 0.480 e. The molecule has 0 aliphatic carbocycles. The average molecular weight is 302 g/mol. The van der Waals surface area contributed by atoms with Crippen molar-refractivity contribution in [1.82, 2.24) is 0 Å². The molecule has 19 heavy (non-hydrogen) atoms. The van der Waals surface area contributed by atoms with E-state index in [1.807, 2.05) is 0 Å². The Morgan fingerprint density at radius 3 is 2.58 bits per heavy atom. The summed E-state index contributed by atoms with van der Waals surface area (Å²) in [5, 5.41) is 12.1. The van der Waals surface area contributed by atoms with Crippen LogP contribution < -0.4 is 5.32 Å². The maximum Gasteiger partial charge on any atom is 0.319 e. The summed E-state index contributed by atoms with van der Waals surface area (Å²) in [6.45, 7) is 3.23. The zero-order valence-electron chi connectivity index (χ0n) is 10.8. The van der Waals surface area contributed by atoms with Gasteiger partial charge in [0.15, 0.2) is 0 Å². The molecule has 104 valence electrons. The van der Waals surface area contributed by atoms with Crippen molar-refractivity contribution < 1.29 is 14.7 Å². The minimum absolute atomic E-state index is 0.179. The van der Waals surface area contributed by atoms with Crippen molar-refractivity contribution in [3.8, 4) is 0 Å². The standard InChI is InChI=1S/C13H16ClNO3S/c1-13(2,12(17)18)19-8-7-11(16)15-10-6-4-3-5-9(10)14/h3-6H,7-8H2,1-2H3,(H,15,16)(H,17,18). The van der Waals surface area contributed by atoms with Gasteiger partial charge in [-0.1, -0.05) is 23.7 Å². The summed E-state index contributed by atoms with van der Waals surface area (Å²) in [6, 6.07) is 6.97. The van der Waals surface area contributed by atoms with Crippen LogP contribution in [0.25, 0.3) is 0 Å². The summed E-state index contributed by atoms with van der Waals surface area (Å²) in [7, 11) is 0. The van der Waals surface area contributed by atoms with Gasteiger partial charge in [-0.25, -0.2) is 0 Å². The van der Waals surface area contributed by atoms with Crippen LogP contribution in [-0.4, -0.2) is 27.5 Å². The number of aliphatic carboxylic acids is 1. The summed E-state index contributed by atoms with van der Waals surface area (Å²) < 4.78 is -0.884. The zero-order chi connectivity index (χ0) is 14.5. The van der Waals surface area contributed by atoms with Crippen molar-refractivity contribution in [2.24, 2.45) is 0 Å². The fourth-order valence-electron chi connectivity index (χ4n) is 1.24. The monoisotopic (exact) mass is 301 g/mol. The van der Waals surface area contributed by atoms with Crippen LogP contribution in [0.4, 0.5) is 5.69 Å². The van der Waals surface area contributed by atoms with Crippen LogP contribution in [-0.2, 0) is 9.59 Å². The lowest BCUT2D eigenvalue weighted by Crippen LogP contribution is -2.28. The third kappa shape index (κ3) is 5.12. The number of carboxylic acid groups (broad SMARTS) is 1. The van der Waals surface area contributed by atoms with Gasteiger partial charge >= 0.3 is 5.97 Å². The second kappa shape index (κ2) is 6.82. The van der Waals surface area contributed by atoms with Crippen LogP contribution in [0.1, 0.15) is 20.3 Å². The van der Waals surface area contributed by atoms with Gasteiger partial charge in [0.1, 0.15) is 4.75 Å². The molecular formula is C13H16ClNO3S. The van der Waals surface area contributed by atoms with E-state index in [-0.39, 0.29) is 12.3 Å². The Labute approximate surface area is 121 Å². The molecule has 0 spiro atoms. The van der Waals surface area contributed by atoms with Crippen LogP contribution in [0.2, 0.25) is 5.02 Å². The number of carbonyl (C=O) groups excluding carboxylic acids is 1. The molecule has 0 saturated heterocycles. The number of anilines is 1. The summed E-state index contributed by atoms with van der Waals surface area (Å²) in [4.78, 5) is 22.6. The molecule has 0 heterocycles.